The van der Waals surface area contributed by atoms with Crippen molar-refractivity contribution in [3.05, 3.63) is 77.0 Å². The number of nitrogens with one attached hydrogen (secondary N) is 2. The molecule has 0 saturated carbocycles. The summed E-state index contributed by atoms with van der Waals surface area (Å²) in [5.74, 6) is 0.437. The van der Waals surface area contributed by atoms with Crippen LogP contribution in [-0.4, -0.2) is 59.5 Å². The maximum absolute atomic E-state index is 12.6. The third-order valence-corrected chi connectivity index (χ3v) is 5.93. The van der Waals surface area contributed by atoms with E-state index in [1.54, 1.807) is 6.08 Å². The van der Waals surface area contributed by atoms with Crippen LogP contribution in [0.5, 0.6) is 0 Å². The van der Waals surface area contributed by atoms with Crippen LogP contribution in [0.3, 0.4) is 0 Å². The van der Waals surface area contributed by atoms with Crippen LogP contribution in [0.2, 0.25) is 0 Å². The second kappa shape index (κ2) is 15.8. The summed E-state index contributed by atoms with van der Waals surface area (Å²) in [5.41, 5.74) is 4.28. The molecule has 0 radical (unpaired) electrons. The Bertz CT molecular complexity index is 1040. The van der Waals surface area contributed by atoms with E-state index in [0.717, 1.165) is 54.9 Å². The Morgan fingerprint density at radius 1 is 1.14 bits per heavy atom. The predicted molar refractivity (Wildman–Crippen MR) is 150 cm³/mol. The van der Waals surface area contributed by atoms with E-state index in [2.05, 4.69) is 39.3 Å². The van der Waals surface area contributed by atoms with Gasteiger partial charge in [-0.3, -0.25) is 4.79 Å². The highest BCUT2D eigenvalue weighted by atomic mass is 16.5. The number of rotatable bonds is 5. The monoisotopic (exact) mass is 508 g/mol. The molecule has 0 saturated heterocycles. The van der Waals surface area contributed by atoms with Gasteiger partial charge in [-0.1, -0.05) is 47.1 Å². The van der Waals surface area contributed by atoms with Gasteiger partial charge in [0.15, 0.2) is 0 Å². The largest absolute Gasteiger partial charge is 0.454 e. The Kier molecular flexibility index (Phi) is 12.8. The molecule has 2 bridgehead atoms. The van der Waals surface area contributed by atoms with Crippen LogP contribution < -0.4 is 5.32 Å². The molecule has 0 aromatic carbocycles. The van der Waals surface area contributed by atoms with Crippen molar-refractivity contribution in [2.24, 2.45) is 0 Å². The molecule has 0 spiro atoms. The van der Waals surface area contributed by atoms with Crippen LogP contribution in [0.15, 0.2) is 65.4 Å². The second-order valence-corrected chi connectivity index (χ2v) is 10.2. The fraction of sp³-hybridized carbons (Fsp3) is 0.500. The lowest BCUT2D eigenvalue weighted by Crippen LogP contribution is -2.32. The first-order valence-electron chi connectivity index (χ1n) is 13.1. The smallest absolute Gasteiger partial charge is 0.331 e. The Hall–Kier alpha value is -3.19. The molecular weight excluding hydrogens is 464 g/mol. The molecule has 0 fully saturated rings. The summed E-state index contributed by atoms with van der Waals surface area (Å²) >= 11 is 0. The third-order valence-electron chi connectivity index (χ3n) is 5.93. The number of nitrogens with zero attached hydrogens (tertiary/aromatic N) is 2. The van der Waals surface area contributed by atoms with Crippen molar-refractivity contribution < 1.29 is 14.3 Å². The van der Waals surface area contributed by atoms with Gasteiger partial charge in [-0.2, -0.15) is 0 Å². The van der Waals surface area contributed by atoms with Crippen LogP contribution in [0, 0.1) is 0 Å². The highest BCUT2D eigenvalue weighted by molar-refractivity contribution is 5.82. The molecule has 37 heavy (non-hydrogen) atoms. The van der Waals surface area contributed by atoms with E-state index in [0.29, 0.717) is 12.8 Å². The number of imidazole rings is 1. The maximum atomic E-state index is 12.6. The number of hydrogen-bond donors (Lipinski definition) is 2. The average molecular weight is 509 g/mol. The molecule has 1 amide bonds. The van der Waals surface area contributed by atoms with Gasteiger partial charge in [0, 0.05) is 43.4 Å². The Morgan fingerprint density at radius 3 is 2.62 bits per heavy atom. The van der Waals surface area contributed by atoms with Crippen molar-refractivity contribution in [1.82, 2.24) is 20.2 Å². The lowest BCUT2D eigenvalue weighted by Gasteiger charge is -2.14. The lowest BCUT2D eigenvalue weighted by molar-refractivity contribution is -0.140. The molecule has 2 heterocycles. The molecule has 1 unspecified atom stereocenters. The van der Waals surface area contributed by atoms with Crippen LogP contribution in [0.1, 0.15) is 64.9 Å². The van der Waals surface area contributed by atoms with E-state index in [1.807, 2.05) is 59.3 Å². The summed E-state index contributed by atoms with van der Waals surface area (Å²) in [6, 6.07) is 0.0354. The zero-order chi connectivity index (χ0) is 27.2. The summed E-state index contributed by atoms with van der Waals surface area (Å²) in [4.78, 5) is 34.8. The van der Waals surface area contributed by atoms with E-state index < -0.39 is 12.1 Å². The summed E-state index contributed by atoms with van der Waals surface area (Å²) in [7, 11) is 4.08. The van der Waals surface area contributed by atoms with Gasteiger partial charge < -0.3 is 19.9 Å². The van der Waals surface area contributed by atoms with Gasteiger partial charge in [0.05, 0.1) is 0 Å². The molecule has 7 heteroatoms. The van der Waals surface area contributed by atoms with Crippen LogP contribution in [0.4, 0.5) is 0 Å². The molecule has 1 aromatic rings. The Balaban J connectivity index is 2.21. The number of aromatic nitrogens is 2. The lowest BCUT2D eigenvalue weighted by atomic mass is 10.1. The second-order valence-electron chi connectivity index (χ2n) is 10.2. The van der Waals surface area contributed by atoms with E-state index in [-0.39, 0.29) is 11.9 Å². The highest BCUT2D eigenvalue weighted by Crippen LogP contribution is 2.13. The zero-order valence-electron chi connectivity index (χ0n) is 23.3. The van der Waals surface area contributed by atoms with Crippen LogP contribution in [0.25, 0.3) is 0 Å². The summed E-state index contributed by atoms with van der Waals surface area (Å²) < 4.78 is 5.81. The number of aromatic amines is 1. The topological polar surface area (TPSA) is 87.3 Å². The number of amides is 1. The van der Waals surface area contributed by atoms with E-state index in [9.17, 15) is 9.59 Å². The standard InChI is InChI=1S/C30H44N4O3/c1-22(16-17-34(5)6)14-15-24(3)19-27-20-28-31-21-26(33-28)11-7-8-12-29(35)32-25(4)18-23(2)10-9-13-30(36)37-27/h9-10,13-16,19,21,25,27H,7-8,11-12,17-18,20H2,1-6H3,(H,31,33)(H,32,35)/b13-9-,15-14+,22-16+,23-10+,24-19+/t25-,27?/m0/s1. The minimum atomic E-state index is -0.458. The number of aryl methyl sites for hydroxylation is 1. The fourth-order valence-corrected chi connectivity index (χ4v) is 4.00. The normalized spacial score (nSPS) is 24.0. The van der Waals surface area contributed by atoms with Gasteiger partial charge in [-0.05, 0) is 73.5 Å². The molecule has 1 aliphatic rings. The van der Waals surface area contributed by atoms with Gasteiger partial charge in [0.2, 0.25) is 5.91 Å². The van der Waals surface area contributed by atoms with Gasteiger partial charge in [-0.15, -0.1) is 0 Å². The highest BCUT2D eigenvalue weighted by Gasteiger charge is 2.14. The van der Waals surface area contributed by atoms with Crippen LogP contribution in [-0.2, 0) is 27.2 Å². The molecule has 2 rings (SSSR count). The zero-order valence-corrected chi connectivity index (χ0v) is 23.3. The van der Waals surface area contributed by atoms with E-state index in [4.69, 9.17) is 4.74 Å². The first-order valence-corrected chi connectivity index (χ1v) is 13.1. The number of hydrogen-bond acceptors (Lipinski definition) is 5. The molecule has 0 aliphatic carbocycles. The molecule has 202 valence electrons. The van der Waals surface area contributed by atoms with Crippen molar-refractivity contribution in [1.29, 1.82) is 0 Å². The summed E-state index contributed by atoms with van der Waals surface area (Å²) in [6.45, 7) is 8.94. The first kappa shape index (κ1) is 30.0. The van der Waals surface area contributed by atoms with Gasteiger partial charge in [-0.25, -0.2) is 9.78 Å². The number of ether oxygens (including phenoxy) is 1. The minimum absolute atomic E-state index is 0.0354. The number of esters is 1. The number of cyclic esters (lactones) is 1. The molecule has 2 N–H and O–H groups in total. The average Bonchev–Trinajstić information content (AvgIpc) is 3.25. The van der Waals surface area contributed by atoms with E-state index in [1.165, 1.54) is 11.6 Å². The van der Waals surface area contributed by atoms with Gasteiger partial charge in [0.1, 0.15) is 11.9 Å². The van der Waals surface area contributed by atoms with E-state index >= 15 is 0 Å². The third kappa shape index (κ3) is 13.1. The predicted octanol–water partition coefficient (Wildman–Crippen LogP) is 5.00. The van der Waals surface area contributed by atoms with Crippen molar-refractivity contribution in [3.63, 3.8) is 0 Å². The van der Waals surface area contributed by atoms with Gasteiger partial charge in [0.25, 0.3) is 0 Å². The molecule has 1 aliphatic heterocycles. The first-order chi connectivity index (χ1) is 17.6. The Morgan fingerprint density at radius 2 is 1.86 bits per heavy atom. The Labute approximate surface area is 222 Å². The number of likely N-dealkylation sites (N-methyl/N-ethyl adjacent to an activating group) is 1. The molecular formula is C30H44N4O3. The van der Waals surface area contributed by atoms with Gasteiger partial charge >= 0.3 is 5.97 Å². The fourth-order valence-electron chi connectivity index (χ4n) is 4.00. The minimum Gasteiger partial charge on any atom is -0.454 e. The molecule has 2 atom stereocenters. The number of carbonyl (C=O) groups excluding carboxylic acids is 2. The van der Waals surface area contributed by atoms with Crippen molar-refractivity contribution in [3.8, 4) is 0 Å². The van der Waals surface area contributed by atoms with Crippen molar-refractivity contribution in [2.75, 3.05) is 20.6 Å². The summed E-state index contributed by atoms with van der Waals surface area (Å²) in [6.07, 6.45) is 18.9. The number of allylic oxidation sites excluding steroid dienone is 6. The van der Waals surface area contributed by atoms with Crippen LogP contribution >= 0.6 is 0 Å². The molecule has 1 aromatic heterocycles. The number of carbonyl (C=O) groups is 2. The quantitative estimate of drug-likeness (QED) is 0.432. The van der Waals surface area contributed by atoms with Crippen molar-refractivity contribution in [2.45, 2.75) is 78.4 Å². The summed E-state index contributed by atoms with van der Waals surface area (Å²) in [5, 5.41) is 3.05. The number of fused-ring (bicyclic) bond motifs is 2. The SMILES string of the molecule is CC(/C=C/C(C)=C/C1Cc2ncc([nH]2)CCCCC(=O)N[C@@H](C)C/C(C)=C/C=C\C(=O)O1)=C\CN(C)C. The maximum Gasteiger partial charge on any atom is 0.331 e. The number of H-pyrrole nitrogens is 1. The molecule has 7 nitrogen and oxygen atoms in total. The van der Waals surface area contributed by atoms with Crippen molar-refractivity contribution >= 4 is 11.9 Å².